The van der Waals surface area contributed by atoms with Crippen molar-refractivity contribution in [1.82, 2.24) is 9.78 Å². The minimum Gasteiger partial charge on any atom is -0.324 e. The fraction of sp³-hybridized carbons (Fsp3) is 0.217. The van der Waals surface area contributed by atoms with Gasteiger partial charge in [0.2, 0.25) is 5.91 Å². The smallest absolute Gasteiger partial charge is 0.278 e. The second kappa shape index (κ2) is 7.94. The molecule has 1 N–H and O–H groups in total. The molecule has 7 nitrogen and oxygen atoms in total. The summed E-state index contributed by atoms with van der Waals surface area (Å²) in [5, 5.41) is 6.96. The number of nitrogens with one attached hydrogen (secondary N) is 1. The Kier molecular flexibility index (Phi) is 5.18. The Bertz CT molecular complexity index is 1180. The van der Waals surface area contributed by atoms with Crippen molar-refractivity contribution >= 4 is 23.2 Å². The highest BCUT2D eigenvalue weighted by Crippen LogP contribution is 2.32. The highest BCUT2D eigenvalue weighted by molar-refractivity contribution is 6.06. The van der Waals surface area contributed by atoms with Crippen LogP contribution in [0, 0.1) is 6.92 Å². The number of carbonyl (C=O) groups excluding carboxylic acids is 2. The Morgan fingerprint density at radius 2 is 1.80 bits per heavy atom. The van der Waals surface area contributed by atoms with E-state index in [9.17, 15) is 14.4 Å². The molecule has 0 saturated heterocycles. The lowest BCUT2D eigenvalue weighted by atomic mass is 10.1. The molecule has 0 saturated carbocycles. The first-order valence-electron chi connectivity index (χ1n) is 9.79. The van der Waals surface area contributed by atoms with Gasteiger partial charge in [-0.2, -0.15) is 5.10 Å². The number of amides is 2. The average Bonchev–Trinajstić information content (AvgIpc) is 3.06. The van der Waals surface area contributed by atoms with Crippen molar-refractivity contribution in [2.45, 2.75) is 32.9 Å². The molecule has 7 heteroatoms. The number of aromatic nitrogens is 2. The molecule has 2 amide bonds. The molecule has 0 aliphatic carbocycles. The number of benzene rings is 2. The van der Waals surface area contributed by atoms with Crippen LogP contribution in [0.2, 0.25) is 0 Å². The van der Waals surface area contributed by atoms with Crippen LogP contribution in [-0.4, -0.2) is 27.6 Å². The largest absolute Gasteiger partial charge is 0.324 e. The molecule has 1 aliphatic rings. The lowest BCUT2D eigenvalue weighted by Crippen LogP contribution is -2.38. The van der Waals surface area contributed by atoms with E-state index in [1.54, 1.807) is 11.0 Å². The third-order valence-electron chi connectivity index (χ3n) is 5.22. The highest BCUT2D eigenvalue weighted by Gasteiger charge is 2.32. The molecule has 4 rings (SSSR count). The van der Waals surface area contributed by atoms with Crippen molar-refractivity contribution in [3.8, 4) is 0 Å². The number of carbonyl (C=O) groups is 2. The van der Waals surface area contributed by atoms with Crippen LogP contribution in [0.25, 0.3) is 0 Å². The van der Waals surface area contributed by atoms with Gasteiger partial charge in [-0.05, 0) is 49.6 Å². The Labute approximate surface area is 174 Å². The van der Waals surface area contributed by atoms with Gasteiger partial charge in [0.25, 0.3) is 11.5 Å². The Hall–Kier alpha value is -3.74. The summed E-state index contributed by atoms with van der Waals surface area (Å²) in [6.45, 7) is 3.58. The molecule has 0 radical (unpaired) electrons. The first kappa shape index (κ1) is 19.6. The van der Waals surface area contributed by atoms with Crippen molar-refractivity contribution in [1.29, 1.82) is 0 Å². The van der Waals surface area contributed by atoms with Gasteiger partial charge < -0.3 is 10.2 Å². The molecule has 0 fully saturated rings. The fourth-order valence-electron chi connectivity index (χ4n) is 3.71. The van der Waals surface area contributed by atoms with Crippen molar-refractivity contribution < 1.29 is 9.59 Å². The van der Waals surface area contributed by atoms with Crippen LogP contribution in [-0.2, 0) is 17.8 Å². The van der Waals surface area contributed by atoms with Gasteiger partial charge in [-0.1, -0.05) is 36.4 Å². The minimum atomic E-state index is -0.443. The molecule has 0 unspecified atom stereocenters. The number of anilines is 2. The maximum absolute atomic E-state index is 13.2. The topological polar surface area (TPSA) is 84.3 Å². The van der Waals surface area contributed by atoms with Gasteiger partial charge in [0.05, 0.1) is 0 Å². The van der Waals surface area contributed by atoms with Crippen LogP contribution in [0.15, 0.2) is 65.5 Å². The van der Waals surface area contributed by atoms with Crippen LogP contribution >= 0.6 is 0 Å². The summed E-state index contributed by atoms with van der Waals surface area (Å²) in [4.78, 5) is 39.5. The number of nitrogens with zero attached hydrogens (tertiary/aromatic N) is 3. The van der Waals surface area contributed by atoms with Crippen molar-refractivity contribution in [3.63, 3.8) is 0 Å². The van der Waals surface area contributed by atoms with E-state index >= 15 is 0 Å². The first-order chi connectivity index (χ1) is 14.4. The predicted octanol–water partition coefficient (Wildman–Crippen LogP) is 2.78. The van der Waals surface area contributed by atoms with Crippen LogP contribution in [0.4, 0.5) is 11.4 Å². The summed E-state index contributed by atoms with van der Waals surface area (Å²) in [5.41, 5.74) is 3.22. The number of hydrogen-bond acceptors (Lipinski definition) is 4. The standard InChI is InChI=1S/C23H22N4O3/c1-15-7-3-5-9-18(15)24-21(28)14-26-22(29)12-11-19(25-26)23(30)27-16(2)13-17-8-4-6-10-20(17)27/h3-12,16H,13-14H2,1-2H3,(H,24,28)/t16-/m0/s1. The molecule has 1 aliphatic heterocycles. The zero-order valence-corrected chi connectivity index (χ0v) is 16.8. The van der Waals surface area contributed by atoms with Crippen LogP contribution in [0.1, 0.15) is 28.5 Å². The van der Waals surface area contributed by atoms with Gasteiger partial charge in [-0.25, -0.2) is 4.68 Å². The molecular formula is C23H22N4O3. The van der Waals surface area contributed by atoms with Crippen LogP contribution in [0.5, 0.6) is 0 Å². The highest BCUT2D eigenvalue weighted by atomic mass is 16.2. The fourth-order valence-corrected chi connectivity index (χ4v) is 3.71. The molecule has 1 aromatic heterocycles. The van der Waals surface area contributed by atoms with E-state index in [1.807, 2.05) is 56.3 Å². The molecule has 152 valence electrons. The molecule has 2 aromatic carbocycles. The first-order valence-corrected chi connectivity index (χ1v) is 9.79. The zero-order valence-electron chi connectivity index (χ0n) is 16.8. The predicted molar refractivity (Wildman–Crippen MR) is 115 cm³/mol. The van der Waals surface area contributed by atoms with E-state index < -0.39 is 5.56 Å². The third-order valence-corrected chi connectivity index (χ3v) is 5.22. The zero-order chi connectivity index (χ0) is 21.3. The average molecular weight is 402 g/mol. The SMILES string of the molecule is Cc1ccccc1NC(=O)Cn1nc(C(=O)N2c3ccccc3C[C@@H]2C)ccc1=O. The molecule has 30 heavy (non-hydrogen) atoms. The maximum Gasteiger partial charge on any atom is 0.278 e. The summed E-state index contributed by atoms with van der Waals surface area (Å²) in [7, 11) is 0. The summed E-state index contributed by atoms with van der Waals surface area (Å²) >= 11 is 0. The lowest BCUT2D eigenvalue weighted by Gasteiger charge is -2.22. The van der Waals surface area contributed by atoms with Crippen molar-refractivity contribution in [2.75, 3.05) is 10.2 Å². The minimum absolute atomic E-state index is 0.0126. The van der Waals surface area contributed by atoms with Crippen molar-refractivity contribution in [3.05, 3.63) is 87.8 Å². The van der Waals surface area contributed by atoms with E-state index in [1.165, 1.54) is 12.1 Å². The van der Waals surface area contributed by atoms with Gasteiger partial charge >= 0.3 is 0 Å². The summed E-state index contributed by atoms with van der Waals surface area (Å²) < 4.78 is 1.02. The van der Waals surface area contributed by atoms with E-state index in [-0.39, 0.29) is 30.1 Å². The Morgan fingerprint density at radius 3 is 2.60 bits per heavy atom. The van der Waals surface area contributed by atoms with E-state index in [0.717, 1.165) is 27.9 Å². The molecule has 0 bridgehead atoms. The molecule has 2 heterocycles. The van der Waals surface area contributed by atoms with Gasteiger partial charge in [0.15, 0.2) is 0 Å². The van der Waals surface area contributed by atoms with Gasteiger partial charge in [0.1, 0.15) is 12.2 Å². The third kappa shape index (κ3) is 3.74. The number of fused-ring (bicyclic) bond motifs is 1. The monoisotopic (exact) mass is 402 g/mol. The number of aryl methyl sites for hydroxylation is 1. The summed E-state index contributed by atoms with van der Waals surface area (Å²) in [6, 6.07) is 17.8. The summed E-state index contributed by atoms with van der Waals surface area (Å²) in [5.74, 6) is -0.677. The lowest BCUT2D eigenvalue weighted by molar-refractivity contribution is -0.117. The maximum atomic E-state index is 13.2. The van der Waals surface area contributed by atoms with Gasteiger partial charge in [-0.15, -0.1) is 0 Å². The number of hydrogen-bond donors (Lipinski definition) is 1. The number of rotatable bonds is 4. The van der Waals surface area contributed by atoms with E-state index in [0.29, 0.717) is 5.69 Å². The van der Waals surface area contributed by atoms with Gasteiger partial charge in [0, 0.05) is 23.5 Å². The quantitative estimate of drug-likeness (QED) is 0.727. The molecule has 0 spiro atoms. The Morgan fingerprint density at radius 1 is 1.07 bits per heavy atom. The molecular weight excluding hydrogens is 380 g/mol. The van der Waals surface area contributed by atoms with E-state index in [4.69, 9.17) is 0 Å². The molecule has 3 aromatic rings. The molecule has 1 atom stereocenters. The van der Waals surface area contributed by atoms with E-state index in [2.05, 4.69) is 10.4 Å². The number of para-hydroxylation sites is 2. The normalized spacial score (nSPS) is 15.0. The second-order valence-electron chi connectivity index (χ2n) is 7.43. The Balaban J connectivity index is 1.56. The van der Waals surface area contributed by atoms with Crippen LogP contribution in [0.3, 0.4) is 0 Å². The van der Waals surface area contributed by atoms with Crippen molar-refractivity contribution in [2.24, 2.45) is 0 Å². The van der Waals surface area contributed by atoms with Gasteiger partial charge in [-0.3, -0.25) is 14.4 Å². The van der Waals surface area contributed by atoms with Crippen LogP contribution < -0.4 is 15.8 Å². The summed E-state index contributed by atoms with van der Waals surface area (Å²) in [6.07, 6.45) is 0.764. The second-order valence-corrected chi connectivity index (χ2v) is 7.43.